The molecule has 0 fully saturated rings. The molecule has 2 aliphatic heterocycles. The highest BCUT2D eigenvalue weighted by Crippen LogP contribution is 2.43. The van der Waals surface area contributed by atoms with E-state index >= 15 is 0 Å². The molecule has 0 atom stereocenters. The second-order valence-corrected chi connectivity index (χ2v) is 8.80. The quantitative estimate of drug-likeness (QED) is 0.463. The van der Waals surface area contributed by atoms with Crippen molar-refractivity contribution in [3.05, 3.63) is 70.8 Å². The molecule has 0 bridgehead atoms. The van der Waals surface area contributed by atoms with E-state index in [9.17, 15) is 4.79 Å². The zero-order valence-corrected chi connectivity index (χ0v) is 18.5. The summed E-state index contributed by atoms with van der Waals surface area (Å²) in [6.45, 7) is 2.89. The number of nitrogens with zero attached hydrogens (tertiary/aromatic N) is 2. The zero-order chi connectivity index (χ0) is 21.8. The van der Waals surface area contributed by atoms with Crippen LogP contribution in [0.15, 0.2) is 48.5 Å². The molecule has 0 N–H and O–H groups in total. The van der Waals surface area contributed by atoms with Gasteiger partial charge in [0.1, 0.15) is 0 Å². The lowest BCUT2D eigenvalue weighted by atomic mass is 9.90. The number of aryl methyl sites for hydroxylation is 1. The van der Waals surface area contributed by atoms with Crippen LogP contribution in [0.5, 0.6) is 11.5 Å². The highest BCUT2D eigenvalue weighted by molar-refractivity contribution is 6.17. The van der Waals surface area contributed by atoms with Crippen LogP contribution >= 0.6 is 0 Å². The summed E-state index contributed by atoms with van der Waals surface area (Å²) in [6, 6.07) is 17.0. The number of benzene rings is 3. The van der Waals surface area contributed by atoms with Crippen molar-refractivity contribution in [2.75, 3.05) is 20.8 Å². The molecule has 3 heterocycles. The molecule has 0 saturated heterocycles. The molecule has 0 spiro atoms. The summed E-state index contributed by atoms with van der Waals surface area (Å²) < 4.78 is 13.1. The van der Waals surface area contributed by atoms with Crippen molar-refractivity contribution in [2.24, 2.45) is 0 Å². The fourth-order valence-corrected chi connectivity index (χ4v) is 5.55. The van der Waals surface area contributed by atoms with Crippen LogP contribution < -0.4 is 9.47 Å². The third-order valence-corrected chi connectivity index (χ3v) is 6.99. The smallest absolute Gasteiger partial charge is 0.231 e. The predicted octanol–water partition coefficient (Wildman–Crippen LogP) is 4.96. The number of carbonyl (C=O) groups excluding carboxylic acids is 1. The highest BCUT2D eigenvalue weighted by Gasteiger charge is 2.29. The van der Waals surface area contributed by atoms with Crippen molar-refractivity contribution >= 4 is 27.7 Å². The van der Waals surface area contributed by atoms with E-state index in [-0.39, 0.29) is 5.91 Å². The molecule has 3 aromatic carbocycles. The second-order valence-electron chi connectivity index (χ2n) is 8.80. The molecule has 0 saturated carbocycles. The molecule has 0 radical (unpaired) electrons. The molecule has 162 valence electrons. The van der Waals surface area contributed by atoms with Crippen LogP contribution in [-0.4, -0.2) is 36.1 Å². The summed E-state index contributed by atoms with van der Waals surface area (Å²) in [5.41, 5.74) is 7.38. The molecular weight excluding hydrogens is 400 g/mol. The van der Waals surface area contributed by atoms with E-state index in [4.69, 9.17) is 9.47 Å². The standard InChI is InChI=1S/C27H26N2O3/c1-31-23-13-21-22(14-24(23)32-2)29-25(30)9-8-18-12-19-16-28(15-17-6-4-3-5-7-17)11-10-20(19)26(21)27(18)29/h3-7,12-14H,8-11,15-16H2,1-2H3. The lowest BCUT2D eigenvalue weighted by Crippen LogP contribution is -2.30. The molecule has 2 aliphatic rings. The fourth-order valence-electron chi connectivity index (χ4n) is 5.55. The van der Waals surface area contributed by atoms with Gasteiger partial charge in [-0.25, -0.2) is 0 Å². The van der Waals surface area contributed by atoms with Gasteiger partial charge in [0.2, 0.25) is 5.91 Å². The second kappa shape index (κ2) is 7.38. The van der Waals surface area contributed by atoms with Crippen LogP contribution in [-0.2, 0) is 25.9 Å². The molecule has 6 rings (SSSR count). The fraction of sp³-hybridized carbons (Fsp3) is 0.296. The minimum Gasteiger partial charge on any atom is -0.493 e. The number of ether oxygens (including phenoxy) is 2. The van der Waals surface area contributed by atoms with Gasteiger partial charge >= 0.3 is 0 Å². The minimum absolute atomic E-state index is 0.159. The Morgan fingerprint density at radius 2 is 1.69 bits per heavy atom. The van der Waals surface area contributed by atoms with E-state index in [0.717, 1.165) is 48.9 Å². The maximum Gasteiger partial charge on any atom is 0.231 e. The molecule has 1 aromatic heterocycles. The van der Waals surface area contributed by atoms with E-state index in [2.05, 4.69) is 41.3 Å². The summed E-state index contributed by atoms with van der Waals surface area (Å²) >= 11 is 0. The maximum atomic E-state index is 13.0. The monoisotopic (exact) mass is 426 g/mol. The van der Waals surface area contributed by atoms with Gasteiger partial charge in [0.25, 0.3) is 0 Å². The van der Waals surface area contributed by atoms with Crippen molar-refractivity contribution in [2.45, 2.75) is 32.4 Å². The van der Waals surface area contributed by atoms with E-state index in [0.29, 0.717) is 17.9 Å². The van der Waals surface area contributed by atoms with Gasteiger partial charge in [-0.05, 0) is 41.2 Å². The van der Waals surface area contributed by atoms with E-state index in [1.54, 1.807) is 14.2 Å². The van der Waals surface area contributed by atoms with Gasteiger partial charge in [-0.1, -0.05) is 36.4 Å². The van der Waals surface area contributed by atoms with Gasteiger partial charge in [0.15, 0.2) is 11.5 Å². The van der Waals surface area contributed by atoms with Crippen LogP contribution in [0.3, 0.4) is 0 Å². The Kier molecular flexibility index (Phi) is 4.47. The first kappa shape index (κ1) is 19.4. The summed E-state index contributed by atoms with van der Waals surface area (Å²) in [4.78, 5) is 15.5. The number of rotatable bonds is 4. The normalized spacial score (nSPS) is 15.9. The Bertz CT molecular complexity index is 1370. The number of fused-ring (bicyclic) bond motifs is 5. The van der Waals surface area contributed by atoms with Crippen LogP contribution in [0, 0.1) is 0 Å². The SMILES string of the molecule is COc1cc2c3c4c(cc5c3n(c2cc1OC)C(=O)CC5)CN(Cc1ccccc1)CC4. The Morgan fingerprint density at radius 1 is 0.906 bits per heavy atom. The Hall–Kier alpha value is -3.31. The number of hydrogen-bond acceptors (Lipinski definition) is 4. The third-order valence-electron chi connectivity index (χ3n) is 6.99. The highest BCUT2D eigenvalue weighted by atomic mass is 16.5. The molecular formula is C27H26N2O3. The largest absolute Gasteiger partial charge is 0.493 e. The van der Waals surface area contributed by atoms with Crippen molar-refractivity contribution in [1.82, 2.24) is 9.47 Å². The van der Waals surface area contributed by atoms with Crippen molar-refractivity contribution < 1.29 is 14.3 Å². The van der Waals surface area contributed by atoms with Gasteiger partial charge in [0.05, 0.1) is 25.3 Å². The summed E-state index contributed by atoms with van der Waals surface area (Å²) in [7, 11) is 3.30. The molecule has 0 aliphatic carbocycles. The van der Waals surface area contributed by atoms with Gasteiger partial charge in [-0.2, -0.15) is 0 Å². The van der Waals surface area contributed by atoms with Gasteiger partial charge in [-0.15, -0.1) is 0 Å². The van der Waals surface area contributed by atoms with Gasteiger partial charge in [0, 0.05) is 42.9 Å². The average molecular weight is 427 g/mol. The Morgan fingerprint density at radius 3 is 2.47 bits per heavy atom. The molecule has 32 heavy (non-hydrogen) atoms. The van der Waals surface area contributed by atoms with E-state index in [1.807, 2.05) is 16.7 Å². The van der Waals surface area contributed by atoms with Crippen molar-refractivity contribution in [3.8, 4) is 11.5 Å². The van der Waals surface area contributed by atoms with E-state index < -0.39 is 0 Å². The minimum atomic E-state index is 0.159. The zero-order valence-electron chi connectivity index (χ0n) is 18.5. The van der Waals surface area contributed by atoms with Crippen molar-refractivity contribution in [3.63, 3.8) is 0 Å². The first-order valence-electron chi connectivity index (χ1n) is 11.2. The van der Waals surface area contributed by atoms with Crippen LogP contribution in [0.25, 0.3) is 21.8 Å². The number of hydrogen-bond donors (Lipinski definition) is 0. The number of carbonyl (C=O) groups is 1. The summed E-state index contributed by atoms with van der Waals surface area (Å²) in [5, 5.41) is 2.31. The predicted molar refractivity (Wildman–Crippen MR) is 126 cm³/mol. The Labute approximate surface area is 187 Å². The third kappa shape index (κ3) is 2.84. The summed E-state index contributed by atoms with van der Waals surface area (Å²) in [5.74, 6) is 1.51. The number of aromatic nitrogens is 1. The molecule has 0 unspecified atom stereocenters. The number of methoxy groups -OCH3 is 2. The Balaban J connectivity index is 1.55. The van der Waals surface area contributed by atoms with E-state index in [1.165, 1.54) is 27.6 Å². The molecule has 4 aromatic rings. The van der Waals surface area contributed by atoms with Crippen molar-refractivity contribution in [1.29, 1.82) is 0 Å². The average Bonchev–Trinajstić information content (AvgIpc) is 3.16. The van der Waals surface area contributed by atoms with Crippen LogP contribution in [0.1, 0.15) is 33.5 Å². The first-order chi connectivity index (χ1) is 15.7. The lowest BCUT2D eigenvalue weighted by Gasteiger charge is -2.30. The van der Waals surface area contributed by atoms with Gasteiger partial charge in [-0.3, -0.25) is 14.3 Å². The molecule has 0 amide bonds. The first-order valence-corrected chi connectivity index (χ1v) is 11.2. The summed E-state index contributed by atoms with van der Waals surface area (Å²) in [6.07, 6.45) is 2.30. The lowest BCUT2D eigenvalue weighted by molar-refractivity contribution is 0.0908. The maximum absolute atomic E-state index is 13.0. The molecule has 5 nitrogen and oxygen atoms in total. The van der Waals surface area contributed by atoms with Crippen LogP contribution in [0.4, 0.5) is 0 Å². The van der Waals surface area contributed by atoms with Gasteiger partial charge < -0.3 is 9.47 Å². The topological polar surface area (TPSA) is 43.7 Å². The molecule has 5 heteroatoms. The van der Waals surface area contributed by atoms with Crippen LogP contribution in [0.2, 0.25) is 0 Å².